The fraction of sp³-hybridized carbons (Fsp3) is 0.529. The quantitative estimate of drug-likeness (QED) is 0.748. The van der Waals surface area contributed by atoms with Gasteiger partial charge in [-0.25, -0.2) is 0 Å². The Hall–Kier alpha value is -1.68. The van der Waals surface area contributed by atoms with Gasteiger partial charge in [0, 0.05) is 11.6 Å². The van der Waals surface area contributed by atoms with E-state index in [1.165, 1.54) is 0 Å². The normalized spacial score (nSPS) is 12.5. The molecule has 0 heterocycles. The molecule has 0 radical (unpaired) electrons. The molecule has 1 N–H and O–H groups in total. The maximum atomic E-state index is 12.6. The van der Waals surface area contributed by atoms with Gasteiger partial charge in [0.2, 0.25) is 5.91 Å². The molecule has 1 rings (SSSR count). The van der Waals surface area contributed by atoms with Gasteiger partial charge >= 0.3 is 0 Å². The number of likely N-dealkylation sites (N-methyl/N-ethyl adjacent to an activating group) is 1. The number of Topliss-reactive ketones (excluding diaryl/α,β-unsaturated/α-hetero) is 1. The number of amides is 1. The summed E-state index contributed by atoms with van der Waals surface area (Å²) < 4.78 is 0. The Morgan fingerprint density at radius 1 is 1.14 bits per heavy atom. The molecule has 0 aromatic heterocycles. The van der Waals surface area contributed by atoms with Crippen LogP contribution in [0.2, 0.25) is 0 Å². The number of carbonyl (C=O) groups is 2. The van der Waals surface area contributed by atoms with Gasteiger partial charge < -0.3 is 5.32 Å². The van der Waals surface area contributed by atoms with Gasteiger partial charge in [0.15, 0.2) is 5.78 Å². The molecular weight excluding hydrogens is 264 g/mol. The lowest BCUT2D eigenvalue weighted by Crippen LogP contribution is -2.47. The maximum absolute atomic E-state index is 12.6. The molecule has 21 heavy (non-hydrogen) atoms. The second kappa shape index (κ2) is 8.57. The Kier molecular flexibility index (Phi) is 7.09. The van der Waals surface area contributed by atoms with E-state index in [-0.39, 0.29) is 30.3 Å². The first-order valence-corrected chi connectivity index (χ1v) is 7.62. The smallest absolute Gasteiger partial charge is 0.234 e. The largest absolute Gasteiger partial charge is 0.353 e. The zero-order valence-corrected chi connectivity index (χ0v) is 13.4. The zero-order valence-electron chi connectivity index (χ0n) is 13.4. The molecule has 1 amide bonds. The van der Waals surface area contributed by atoms with Gasteiger partial charge in [0.1, 0.15) is 0 Å². The number of nitrogens with one attached hydrogen (secondary N) is 1. The monoisotopic (exact) mass is 290 g/mol. The van der Waals surface area contributed by atoms with Crippen molar-refractivity contribution in [3.8, 4) is 0 Å². The van der Waals surface area contributed by atoms with Crippen LogP contribution in [0.4, 0.5) is 0 Å². The van der Waals surface area contributed by atoms with Crippen LogP contribution in [-0.2, 0) is 4.79 Å². The number of hydrogen-bond acceptors (Lipinski definition) is 3. The summed E-state index contributed by atoms with van der Waals surface area (Å²) in [5, 5.41) is 2.87. The predicted molar refractivity (Wildman–Crippen MR) is 85.4 cm³/mol. The Morgan fingerprint density at radius 3 is 2.24 bits per heavy atom. The molecule has 0 bridgehead atoms. The molecular formula is C17H26N2O2. The van der Waals surface area contributed by atoms with E-state index < -0.39 is 0 Å². The molecule has 0 fully saturated rings. The highest BCUT2D eigenvalue weighted by atomic mass is 16.2. The van der Waals surface area contributed by atoms with E-state index >= 15 is 0 Å². The summed E-state index contributed by atoms with van der Waals surface area (Å²) in [6, 6.07) is 9.13. The minimum atomic E-state index is -0.254. The van der Waals surface area contributed by atoms with Gasteiger partial charge in [-0.2, -0.15) is 0 Å². The van der Waals surface area contributed by atoms with Crippen molar-refractivity contribution in [3.05, 3.63) is 35.9 Å². The average molecular weight is 290 g/mol. The third-order valence-electron chi connectivity index (χ3n) is 3.39. The summed E-state index contributed by atoms with van der Waals surface area (Å²) in [4.78, 5) is 26.5. The Morgan fingerprint density at radius 2 is 1.76 bits per heavy atom. The minimum absolute atomic E-state index is 0.0360. The first-order chi connectivity index (χ1) is 9.99. The molecule has 0 spiro atoms. The number of nitrogens with zero attached hydrogens (tertiary/aromatic N) is 1. The molecule has 0 saturated heterocycles. The number of carbonyl (C=O) groups excluding carboxylic acids is 2. The summed E-state index contributed by atoms with van der Waals surface area (Å²) in [5.41, 5.74) is 0.701. The topological polar surface area (TPSA) is 49.4 Å². The van der Waals surface area contributed by atoms with Gasteiger partial charge in [-0.05, 0) is 26.8 Å². The Balaban J connectivity index is 2.80. The van der Waals surface area contributed by atoms with Crippen LogP contribution in [0.5, 0.6) is 0 Å². The molecule has 0 saturated carbocycles. The van der Waals surface area contributed by atoms with E-state index in [0.29, 0.717) is 18.5 Å². The van der Waals surface area contributed by atoms with Gasteiger partial charge in [0.25, 0.3) is 0 Å². The summed E-state index contributed by atoms with van der Waals surface area (Å²) in [5.74, 6) is 0.0449. The van der Waals surface area contributed by atoms with E-state index in [2.05, 4.69) is 5.32 Å². The number of benzene rings is 1. The summed E-state index contributed by atoms with van der Waals surface area (Å²) in [7, 11) is 0. The van der Waals surface area contributed by atoms with Crippen molar-refractivity contribution in [2.45, 2.75) is 46.2 Å². The molecule has 4 nitrogen and oxygen atoms in total. The molecule has 1 atom stereocenters. The summed E-state index contributed by atoms with van der Waals surface area (Å²) in [6.45, 7) is 8.74. The first-order valence-electron chi connectivity index (χ1n) is 7.62. The SMILES string of the molecule is CCC(C(=O)c1ccccc1)N(CC)CC(=O)NC(C)C. The van der Waals surface area contributed by atoms with Crippen molar-refractivity contribution >= 4 is 11.7 Å². The third-order valence-corrected chi connectivity index (χ3v) is 3.39. The molecule has 1 aromatic rings. The first kappa shape index (κ1) is 17.4. The molecule has 0 aliphatic rings. The lowest BCUT2D eigenvalue weighted by atomic mass is 10.0. The minimum Gasteiger partial charge on any atom is -0.353 e. The zero-order chi connectivity index (χ0) is 15.8. The lowest BCUT2D eigenvalue weighted by molar-refractivity contribution is -0.123. The summed E-state index contributed by atoms with van der Waals surface area (Å²) in [6.07, 6.45) is 0.691. The van der Waals surface area contributed by atoms with Crippen LogP contribution < -0.4 is 5.32 Å². The van der Waals surface area contributed by atoms with Crippen molar-refractivity contribution in [2.24, 2.45) is 0 Å². The van der Waals surface area contributed by atoms with Crippen molar-refractivity contribution < 1.29 is 9.59 Å². The predicted octanol–water partition coefficient (Wildman–Crippen LogP) is 2.49. The highest BCUT2D eigenvalue weighted by molar-refractivity contribution is 6.00. The second-order valence-electron chi connectivity index (χ2n) is 5.44. The van der Waals surface area contributed by atoms with E-state index in [1.807, 2.05) is 62.9 Å². The highest BCUT2D eigenvalue weighted by Gasteiger charge is 2.25. The molecule has 4 heteroatoms. The van der Waals surface area contributed by atoms with Crippen molar-refractivity contribution in [1.82, 2.24) is 10.2 Å². The van der Waals surface area contributed by atoms with Crippen molar-refractivity contribution in [1.29, 1.82) is 0 Å². The maximum Gasteiger partial charge on any atom is 0.234 e. The Bertz CT molecular complexity index is 457. The van der Waals surface area contributed by atoms with Gasteiger partial charge in [0.05, 0.1) is 12.6 Å². The van der Waals surface area contributed by atoms with E-state index in [1.54, 1.807) is 0 Å². The van der Waals surface area contributed by atoms with Gasteiger partial charge in [-0.3, -0.25) is 14.5 Å². The molecule has 1 unspecified atom stereocenters. The van der Waals surface area contributed by atoms with Crippen molar-refractivity contribution in [2.75, 3.05) is 13.1 Å². The summed E-state index contributed by atoms with van der Waals surface area (Å²) >= 11 is 0. The Labute approximate surface area is 127 Å². The van der Waals surface area contributed by atoms with Crippen LogP contribution in [-0.4, -0.2) is 41.8 Å². The van der Waals surface area contributed by atoms with Gasteiger partial charge in [-0.15, -0.1) is 0 Å². The number of hydrogen-bond donors (Lipinski definition) is 1. The van der Waals surface area contributed by atoms with Crippen LogP contribution in [0.25, 0.3) is 0 Å². The van der Waals surface area contributed by atoms with Crippen LogP contribution in [0.1, 0.15) is 44.5 Å². The average Bonchev–Trinajstić information content (AvgIpc) is 2.46. The fourth-order valence-corrected chi connectivity index (χ4v) is 2.40. The lowest BCUT2D eigenvalue weighted by Gasteiger charge is -2.28. The molecule has 0 aliphatic carbocycles. The van der Waals surface area contributed by atoms with Crippen molar-refractivity contribution in [3.63, 3.8) is 0 Å². The molecule has 0 aliphatic heterocycles. The second-order valence-corrected chi connectivity index (χ2v) is 5.44. The third kappa shape index (κ3) is 5.31. The van der Waals surface area contributed by atoms with Crippen LogP contribution in [0.15, 0.2) is 30.3 Å². The van der Waals surface area contributed by atoms with Crippen LogP contribution in [0, 0.1) is 0 Å². The van der Waals surface area contributed by atoms with E-state index in [4.69, 9.17) is 0 Å². The standard InChI is InChI=1S/C17H26N2O2/c1-5-15(17(21)14-10-8-7-9-11-14)19(6-2)12-16(20)18-13(3)4/h7-11,13,15H,5-6,12H2,1-4H3,(H,18,20). The van der Waals surface area contributed by atoms with Gasteiger partial charge in [-0.1, -0.05) is 44.2 Å². The van der Waals surface area contributed by atoms with E-state index in [0.717, 1.165) is 0 Å². The number of rotatable bonds is 8. The van der Waals surface area contributed by atoms with E-state index in [9.17, 15) is 9.59 Å². The fourth-order valence-electron chi connectivity index (χ4n) is 2.40. The highest BCUT2D eigenvalue weighted by Crippen LogP contribution is 2.12. The molecule has 116 valence electrons. The number of ketones is 1. The van der Waals surface area contributed by atoms with Crippen LogP contribution in [0.3, 0.4) is 0 Å². The molecule has 1 aromatic carbocycles. The van der Waals surface area contributed by atoms with Crippen LogP contribution >= 0.6 is 0 Å².